The molecule has 0 aliphatic rings. The van der Waals surface area contributed by atoms with E-state index in [-0.39, 0.29) is 21.1 Å². The molecule has 3 aromatic rings. The molecule has 0 saturated heterocycles. The molecule has 1 amide bonds. The van der Waals surface area contributed by atoms with Gasteiger partial charge in [0.05, 0.1) is 12.2 Å². The molecule has 0 aromatic carbocycles. The van der Waals surface area contributed by atoms with Gasteiger partial charge in [0.15, 0.2) is 15.2 Å². The summed E-state index contributed by atoms with van der Waals surface area (Å²) >= 11 is 0.888. The smallest absolute Gasteiger partial charge is 0.274 e. The Morgan fingerprint density at radius 1 is 1.27 bits per heavy atom. The van der Waals surface area contributed by atoms with E-state index in [1.807, 2.05) is 12.1 Å². The van der Waals surface area contributed by atoms with Crippen molar-refractivity contribution in [1.82, 2.24) is 19.7 Å². The second-order valence-corrected chi connectivity index (χ2v) is 8.31. The minimum Gasteiger partial charge on any atom is -0.302 e. The molecule has 0 saturated carbocycles. The quantitative estimate of drug-likeness (QED) is 0.661. The maximum absolute atomic E-state index is 12.6. The number of aromatic nitrogens is 4. The minimum absolute atomic E-state index is 0.0323. The SMILES string of the molecule is CC(=O)Nc1nc(C)c(S(=O)(=O)Nc2ccn(Cc3ccncc3)n2)s1. The van der Waals surface area contributed by atoms with Crippen LogP contribution >= 0.6 is 11.3 Å². The van der Waals surface area contributed by atoms with E-state index in [0.717, 1.165) is 16.9 Å². The minimum atomic E-state index is -3.85. The fourth-order valence-corrected chi connectivity index (χ4v) is 4.66. The first kappa shape index (κ1) is 18.0. The van der Waals surface area contributed by atoms with Crippen molar-refractivity contribution in [3.05, 3.63) is 48.0 Å². The van der Waals surface area contributed by atoms with Crippen molar-refractivity contribution in [2.24, 2.45) is 0 Å². The van der Waals surface area contributed by atoms with Crippen LogP contribution in [0.5, 0.6) is 0 Å². The number of carbonyl (C=O) groups excluding carboxylic acids is 1. The van der Waals surface area contributed by atoms with Crippen LogP contribution in [0.25, 0.3) is 0 Å². The number of carbonyl (C=O) groups is 1. The molecule has 3 aromatic heterocycles. The zero-order chi connectivity index (χ0) is 18.7. The van der Waals surface area contributed by atoms with Gasteiger partial charge in [0.25, 0.3) is 10.0 Å². The Labute approximate surface area is 154 Å². The molecule has 3 rings (SSSR count). The highest BCUT2D eigenvalue weighted by molar-refractivity contribution is 7.94. The van der Waals surface area contributed by atoms with E-state index in [4.69, 9.17) is 0 Å². The van der Waals surface area contributed by atoms with E-state index < -0.39 is 10.0 Å². The molecule has 0 spiro atoms. The summed E-state index contributed by atoms with van der Waals surface area (Å²) in [4.78, 5) is 19.1. The predicted octanol–water partition coefficient (Wildman–Crippen LogP) is 1.85. The molecule has 0 aliphatic carbocycles. The van der Waals surface area contributed by atoms with Crippen molar-refractivity contribution >= 4 is 38.2 Å². The van der Waals surface area contributed by atoms with Crippen LogP contribution in [0.4, 0.5) is 10.9 Å². The topological polar surface area (TPSA) is 119 Å². The Morgan fingerprint density at radius 2 is 2.00 bits per heavy atom. The van der Waals surface area contributed by atoms with Gasteiger partial charge in [-0.3, -0.25) is 19.2 Å². The second kappa shape index (κ2) is 7.22. The Kier molecular flexibility index (Phi) is 5.00. The van der Waals surface area contributed by atoms with Gasteiger partial charge in [-0.2, -0.15) is 5.10 Å². The number of hydrogen-bond acceptors (Lipinski definition) is 7. The van der Waals surface area contributed by atoms with Crippen LogP contribution in [0.15, 0.2) is 41.0 Å². The summed E-state index contributed by atoms with van der Waals surface area (Å²) in [5, 5.41) is 6.94. The molecule has 0 radical (unpaired) electrons. The van der Waals surface area contributed by atoms with E-state index >= 15 is 0 Å². The van der Waals surface area contributed by atoms with Gasteiger partial charge in [0, 0.05) is 31.6 Å². The summed E-state index contributed by atoms with van der Waals surface area (Å²) in [6.07, 6.45) is 5.05. The van der Waals surface area contributed by atoms with E-state index in [1.54, 1.807) is 36.3 Å². The molecule has 26 heavy (non-hydrogen) atoms. The Bertz CT molecular complexity index is 1030. The lowest BCUT2D eigenvalue weighted by atomic mass is 10.3. The number of rotatable bonds is 6. The summed E-state index contributed by atoms with van der Waals surface area (Å²) in [5.41, 5.74) is 1.30. The van der Waals surface area contributed by atoms with Crippen LogP contribution in [0.3, 0.4) is 0 Å². The number of thiazole rings is 1. The van der Waals surface area contributed by atoms with Crippen LogP contribution in [0.2, 0.25) is 0 Å². The van der Waals surface area contributed by atoms with Crippen LogP contribution in [-0.2, 0) is 21.4 Å². The monoisotopic (exact) mass is 392 g/mol. The number of anilines is 2. The van der Waals surface area contributed by atoms with E-state index in [9.17, 15) is 13.2 Å². The fraction of sp³-hybridized carbons (Fsp3) is 0.200. The van der Waals surface area contributed by atoms with E-state index in [0.29, 0.717) is 12.2 Å². The van der Waals surface area contributed by atoms with Crippen LogP contribution in [0, 0.1) is 6.92 Å². The Morgan fingerprint density at radius 3 is 2.69 bits per heavy atom. The van der Waals surface area contributed by atoms with Gasteiger partial charge >= 0.3 is 0 Å². The third-order valence-corrected chi connectivity index (χ3v) is 6.29. The average molecular weight is 392 g/mol. The second-order valence-electron chi connectivity index (χ2n) is 5.43. The summed E-state index contributed by atoms with van der Waals surface area (Å²) in [6, 6.07) is 5.29. The third-order valence-electron chi connectivity index (χ3n) is 3.25. The molecular formula is C15H16N6O3S2. The summed E-state index contributed by atoms with van der Waals surface area (Å²) in [5.74, 6) is -0.113. The molecule has 0 unspecified atom stereocenters. The zero-order valence-electron chi connectivity index (χ0n) is 14.0. The van der Waals surface area contributed by atoms with Gasteiger partial charge in [-0.25, -0.2) is 13.4 Å². The molecule has 11 heteroatoms. The first-order valence-corrected chi connectivity index (χ1v) is 9.83. The highest BCUT2D eigenvalue weighted by Crippen LogP contribution is 2.28. The van der Waals surface area contributed by atoms with E-state index in [2.05, 4.69) is 25.1 Å². The number of amides is 1. The molecule has 9 nitrogen and oxygen atoms in total. The lowest BCUT2D eigenvalue weighted by Gasteiger charge is -2.04. The van der Waals surface area contributed by atoms with E-state index in [1.165, 1.54) is 6.92 Å². The molecular weight excluding hydrogens is 376 g/mol. The lowest BCUT2D eigenvalue weighted by Crippen LogP contribution is -2.13. The van der Waals surface area contributed by atoms with Crippen LogP contribution < -0.4 is 10.0 Å². The summed E-state index contributed by atoms with van der Waals surface area (Å²) in [7, 11) is -3.85. The van der Waals surface area contributed by atoms with Crippen molar-refractivity contribution < 1.29 is 13.2 Å². The molecule has 0 bridgehead atoms. The largest absolute Gasteiger partial charge is 0.302 e. The summed E-state index contributed by atoms with van der Waals surface area (Å²) in [6.45, 7) is 3.40. The van der Waals surface area contributed by atoms with Gasteiger partial charge in [0.2, 0.25) is 5.91 Å². The van der Waals surface area contributed by atoms with Crippen LogP contribution in [0.1, 0.15) is 18.2 Å². The van der Waals surface area contributed by atoms with Crippen molar-refractivity contribution in [1.29, 1.82) is 0 Å². The van der Waals surface area contributed by atoms with Gasteiger partial charge < -0.3 is 5.32 Å². The molecule has 0 aliphatic heterocycles. The van der Waals surface area contributed by atoms with Gasteiger partial charge in [-0.15, -0.1) is 0 Å². The van der Waals surface area contributed by atoms with Gasteiger partial charge in [0.1, 0.15) is 0 Å². The highest BCUT2D eigenvalue weighted by Gasteiger charge is 2.23. The van der Waals surface area contributed by atoms with Crippen molar-refractivity contribution in [3.8, 4) is 0 Å². The molecule has 3 heterocycles. The molecule has 2 N–H and O–H groups in total. The summed E-state index contributed by atoms with van der Waals surface area (Å²) < 4.78 is 29.2. The zero-order valence-corrected chi connectivity index (χ0v) is 15.6. The van der Waals surface area contributed by atoms with Gasteiger partial charge in [-0.05, 0) is 24.6 Å². The van der Waals surface area contributed by atoms with Crippen molar-refractivity contribution in [2.75, 3.05) is 10.0 Å². The lowest BCUT2D eigenvalue weighted by molar-refractivity contribution is -0.114. The Balaban J connectivity index is 1.76. The van der Waals surface area contributed by atoms with Crippen molar-refractivity contribution in [3.63, 3.8) is 0 Å². The van der Waals surface area contributed by atoms with Gasteiger partial charge in [-0.1, -0.05) is 11.3 Å². The number of hydrogen-bond donors (Lipinski definition) is 2. The first-order chi connectivity index (χ1) is 12.3. The first-order valence-electron chi connectivity index (χ1n) is 7.54. The maximum atomic E-state index is 12.6. The number of pyridine rings is 1. The normalized spacial score (nSPS) is 11.3. The highest BCUT2D eigenvalue weighted by atomic mass is 32.2. The number of aryl methyl sites for hydroxylation is 1. The number of nitrogens with zero attached hydrogens (tertiary/aromatic N) is 4. The molecule has 136 valence electrons. The predicted molar refractivity (Wildman–Crippen MR) is 97.5 cm³/mol. The van der Waals surface area contributed by atoms with Crippen molar-refractivity contribution in [2.45, 2.75) is 24.6 Å². The Hall–Kier alpha value is -2.79. The number of sulfonamides is 1. The molecule has 0 fully saturated rings. The number of nitrogens with one attached hydrogen (secondary N) is 2. The average Bonchev–Trinajstić information content (AvgIpc) is 3.14. The fourth-order valence-electron chi connectivity index (χ4n) is 2.20. The van der Waals surface area contributed by atoms with Crippen LogP contribution in [-0.4, -0.2) is 34.1 Å². The molecule has 0 atom stereocenters. The third kappa shape index (κ3) is 4.24. The standard InChI is InChI=1S/C15H16N6O3S2/c1-10-14(25-15(17-10)18-11(2)22)26(23,24)20-13-5-8-21(19-13)9-12-3-6-16-7-4-12/h3-8H,9H2,1-2H3,(H,19,20)(H,17,18,22). The maximum Gasteiger partial charge on any atom is 0.274 e.